The highest BCUT2D eigenvalue weighted by Gasteiger charge is 2.21. The van der Waals surface area contributed by atoms with Crippen LogP contribution in [0.5, 0.6) is 0 Å². The molecule has 1 aromatic carbocycles. The number of nitrogens with one attached hydrogen (secondary N) is 2. The van der Waals surface area contributed by atoms with E-state index in [0.29, 0.717) is 23.2 Å². The van der Waals surface area contributed by atoms with Crippen LogP contribution in [0, 0.1) is 12.7 Å². The number of aryl methyl sites for hydroxylation is 1. The van der Waals surface area contributed by atoms with E-state index in [1.807, 2.05) is 31.3 Å². The van der Waals surface area contributed by atoms with E-state index in [2.05, 4.69) is 20.6 Å². The number of H-pyrrole nitrogens is 1. The minimum Gasteiger partial charge on any atom is -0.396 e. The molecular formula is C19H19FN6OS. The molecule has 0 radical (unpaired) electrons. The number of aliphatic hydroxyl groups is 1. The summed E-state index contributed by atoms with van der Waals surface area (Å²) in [7, 11) is 0. The summed E-state index contributed by atoms with van der Waals surface area (Å²) in [5.74, 6) is 2.05. The molecule has 0 amide bonds. The number of rotatable bonds is 7. The lowest BCUT2D eigenvalue weighted by Crippen LogP contribution is -2.10. The van der Waals surface area contributed by atoms with Gasteiger partial charge in [0.1, 0.15) is 11.3 Å². The Morgan fingerprint density at radius 2 is 2.11 bits per heavy atom. The predicted molar refractivity (Wildman–Crippen MR) is 107 cm³/mol. The van der Waals surface area contributed by atoms with E-state index in [1.54, 1.807) is 16.6 Å². The average Bonchev–Trinajstić information content (AvgIpc) is 3.32. The van der Waals surface area contributed by atoms with Crippen molar-refractivity contribution in [1.82, 2.24) is 24.8 Å². The van der Waals surface area contributed by atoms with E-state index in [0.717, 1.165) is 16.8 Å². The molecule has 4 aromatic rings. The maximum Gasteiger partial charge on any atom is 0.169 e. The zero-order valence-corrected chi connectivity index (χ0v) is 15.9. The second-order valence-corrected chi connectivity index (χ2v) is 7.46. The number of anilines is 2. The molecule has 1 atom stereocenters. The summed E-state index contributed by atoms with van der Waals surface area (Å²) in [6.45, 7) is 1.96. The number of nitrogens with zero attached hydrogens (tertiary/aromatic N) is 4. The van der Waals surface area contributed by atoms with Gasteiger partial charge >= 0.3 is 0 Å². The van der Waals surface area contributed by atoms with Gasteiger partial charge in [0.2, 0.25) is 0 Å². The second kappa shape index (κ2) is 7.99. The molecule has 0 bridgehead atoms. The Bertz CT molecular complexity index is 1080. The normalized spacial score (nSPS) is 12.4. The lowest BCUT2D eigenvalue weighted by molar-refractivity contribution is 0.322. The molecule has 1 unspecified atom stereocenters. The Kier molecular flexibility index (Phi) is 5.27. The first-order chi connectivity index (χ1) is 13.6. The van der Waals surface area contributed by atoms with Crippen LogP contribution in [-0.4, -0.2) is 42.3 Å². The Balaban J connectivity index is 1.77. The van der Waals surface area contributed by atoms with Gasteiger partial charge in [-0.2, -0.15) is 10.2 Å². The first kappa shape index (κ1) is 18.5. The molecule has 0 spiro atoms. The molecule has 0 aliphatic heterocycles. The molecule has 0 aliphatic rings. The number of aromatic nitrogens is 5. The fourth-order valence-corrected chi connectivity index (χ4v) is 3.83. The van der Waals surface area contributed by atoms with Crippen LogP contribution in [0.3, 0.4) is 0 Å². The quantitative estimate of drug-likeness (QED) is 0.442. The Morgan fingerprint density at radius 3 is 2.82 bits per heavy atom. The second-order valence-electron chi connectivity index (χ2n) is 6.24. The van der Waals surface area contributed by atoms with Gasteiger partial charge in [-0.15, -0.1) is 11.8 Å². The largest absolute Gasteiger partial charge is 0.396 e. The summed E-state index contributed by atoms with van der Waals surface area (Å²) in [5.41, 5.74) is 2.62. The van der Waals surface area contributed by atoms with Gasteiger partial charge in [-0.3, -0.25) is 5.10 Å². The molecule has 0 saturated carbocycles. The number of halogens is 1. The zero-order chi connectivity index (χ0) is 19.5. The standard InChI is InChI=1S/C19H19FN6OS/c1-12-11-16(24-23-12)21-18-15-3-2-8-26(15)25-19(22-18)17(28-10-9-27)13-4-6-14(20)7-5-13/h2-8,11,17,27H,9-10H2,1H3,(H2,21,22,23,24,25). The lowest BCUT2D eigenvalue weighted by atomic mass is 10.1. The van der Waals surface area contributed by atoms with Gasteiger partial charge in [0, 0.05) is 23.7 Å². The van der Waals surface area contributed by atoms with E-state index in [4.69, 9.17) is 4.98 Å². The fraction of sp³-hybridized carbons (Fsp3) is 0.211. The molecule has 3 N–H and O–H groups in total. The van der Waals surface area contributed by atoms with Crippen LogP contribution < -0.4 is 5.32 Å². The van der Waals surface area contributed by atoms with Gasteiger partial charge in [0.25, 0.3) is 0 Å². The van der Waals surface area contributed by atoms with Gasteiger partial charge in [-0.25, -0.2) is 13.9 Å². The maximum atomic E-state index is 13.4. The highest BCUT2D eigenvalue weighted by atomic mass is 32.2. The topological polar surface area (TPSA) is 91.1 Å². The van der Waals surface area contributed by atoms with Crippen molar-refractivity contribution in [3.8, 4) is 0 Å². The molecule has 144 valence electrons. The summed E-state index contributed by atoms with van der Waals surface area (Å²) in [4.78, 5) is 4.74. The zero-order valence-electron chi connectivity index (χ0n) is 15.1. The summed E-state index contributed by atoms with van der Waals surface area (Å²) in [5, 5.41) is 24.0. The molecule has 7 nitrogen and oxygen atoms in total. The van der Waals surface area contributed by atoms with Crippen LogP contribution in [0.4, 0.5) is 16.0 Å². The Hall–Kier alpha value is -2.91. The van der Waals surface area contributed by atoms with Gasteiger partial charge < -0.3 is 10.4 Å². The van der Waals surface area contributed by atoms with Crippen LogP contribution in [-0.2, 0) is 0 Å². The van der Waals surface area contributed by atoms with E-state index >= 15 is 0 Å². The summed E-state index contributed by atoms with van der Waals surface area (Å²) < 4.78 is 15.1. The molecule has 0 saturated heterocycles. The van der Waals surface area contributed by atoms with E-state index < -0.39 is 0 Å². The average molecular weight is 398 g/mol. The number of aromatic amines is 1. The van der Waals surface area contributed by atoms with Crippen LogP contribution in [0.2, 0.25) is 0 Å². The molecule has 0 fully saturated rings. The third kappa shape index (κ3) is 3.85. The van der Waals surface area contributed by atoms with Crippen LogP contribution in [0.15, 0.2) is 48.7 Å². The fourth-order valence-electron chi connectivity index (χ4n) is 2.89. The summed E-state index contributed by atoms with van der Waals surface area (Å²) in [6.07, 6.45) is 1.85. The molecule has 3 aromatic heterocycles. The van der Waals surface area contributed by atoms with Gasteiger partial charge in [-0.1, -0.05) is 12.1 Å². The maximum absolute atomic E-state index is 13.4. The highest BCUT2D eigenvalue weighted by molar-refractivity contribution is 7.99. The number of fused-ring (bicyclic) bond motifs is 1. The SMILES string of the molecule is Cc1cc(Nc2nc(C(SCCO)c3ccc(F)cc3)nn3cccc23)n[nH]1. The molecule has 0 aliphatic carbocycles. The van der Waals surface area contributed by atoms with Gasteiger partial charge in [-0.05, 0) is 36.8 Å². The van der Waals surface area contributed by atoms with Crippen molar-refractivity contribution in [2.24, 2.45) is 0 Å². The van der Waals surface area contributed by atoms with Crippen LogP contribution in [0.1, 0.15) is 22.3 Å². The predicted octanol–water partition coefficient (Wildman–Crippen LogP) is 3.46. The minimum atomic E-state index is -0.298. The minimum absolute atomic E-state index is 0.0335. The lowest BCUT2D eigenvalue weighted by Gasteiger charge is -2.17. The third-order valence-electron chi connectivity index (χ3n) is 4.14. The highest BCUT2D eigenvalue weighted by Crippen LogP contribution is 2.34. The van der Waals surface area contributed by atoms with Crippen LogP contribution in [0.25, 0.3) is 5.52 Å². The van der Waals surface area contributed by atoms with E-state index in [-0.39, 0.29) is 17.7 Å². The van der Waals surface area contributed by atoms with Crippen molar-refractivity contribution in [1.29, 1.82) is 0 Å². The monoisotopic (exact) mass is 398 g/mol. The molecule has 28 heavy (non-hydrogen) atoms. The molecule has 9 heteroatoms. The molecular weight excluding hydrogens is 379 g/mol. The number of hydrogen-bond donors (Lipinski definition) is 3. The Morgan fingerprint density at radius 1 is 1.29 bits per heavy atom. The number of aliphatic hydroxyl groups excluding tert-OH is 1. The third-order valence-corrected chi connectivity index (χ3v) is 5.38. The van der Waals surface area contributed by atoms with Crippen molar-refractivity contribution in [2.75, 3.05) is 17.7 Å². The number of benzene rings is 1. The van der Waals surface area contributed by atoms with Crippen molar-refractivity contribution >= 4 is 28.9 Å². The smallest absolute Gasteiger partial charge is 0.169 e. The van der Waals surface area contributed by atoms with Crippen molar-refractivity contribution in [3.63, 3.8) is 0 Å². The summed E-state index contributed by atoms with van der Waals surface area (Å²) in [6, 6.07) is 12.0. The Labute approximate surface area is 165 Å². The van der Waals surface area contributed by atoms with E-state index in [9.17, 15) is 9.50 Å². The van der Waals surface area contributed by atoms with Crippen LogP contribution >= 0.6 is 11.8 Å². The molecule has 4 rings (SSSR count). The molecule has 3 heterocycles. The van der Waals surface area contributed by atoms with Gasteiger partial charge in [0.05, 0.1) is 11.9 Å². The summed E-state index contributed by atoms with van der Waals surface area (Å²) >= 11 is 1.50. The number of hydrogen-bond acceptors (Lipinski definition) is 6. The number of thioether (sulfide) groups is 1. The van der Waals surface area contributed by atoms with Gasteiger partial charge in [0.15, 0.2) is 17.5 Å². The first-order valence-electron chi connectivity index (χ1n) is 8.76. The van der Waals surface area contributed by atoms with Crippen molar-refractivity contribution in [3.05, 3.63) is 71.6 Å². The van der Waals surface area contributed by atoms with Crippen molar-refractivity contribution < 1.29 is 9.50 Å². The van der Waals surface area contributed by atoms with E-state index in [1.165, 1.54) is 23.9 Å². The van der Waals surface area contributed by atoms with Crippen molar-refractivity contribution in [2.45, 2.75) is 12.2 Å². The first-order valence-corrected chi connectivity index (χ1v) is 9.81.